The van der Waals surface area contributed by atoms with E-state index in [9.17, 15) is 9.59 Å². The van der Waals surface area contributed by atoms with E-state index in [1.165, 1.54) is 11.3 Å². The third-order valence-electron chi connectivity index (χ3n) is 4.82. The monoisotopic (exact) mass is 502 g/mol. The Hall–Kier alpha value is -2.29. The SMILES string of the molecule is CCOC(=O)C1=C(C)N=c2s/c(=C/c3sccc3Br)c(=O)n2[C@@H]1c1ccc(C)cc1. The smallest absolute Gasteiger partial charge is 0.338 e. The average molecular weight is 503 g/mol. The van der Waals surface area contributed by atoms with E-state index in [0.717, 1.165) is 20.5 Å². The van der Waals surface area contributed by atoms with Crippen LogP contribution in [-0.4, -0.2) is 17.1 Å². The summed E-state index contributed by atoms with van der Waals surface area (Å²) in [5, 5.41) is 1.96. The summed E-state index contributed by atoms with van der Waals surface area (Å²) in [6.45, 7) is 5.82. The molecule has 0 saturated heterocycles. The maximum atomic E-state index is 13.4. The number of hydrogen-bond acceptors (Lipinski definition) is 6. The minimum absolute atomic E-state index is 0.168. The lowest BCUT2D eigenvalue weighted by atomic mass is 9.95. The standard InChI is InChI=1S/C22H19BrN2O3S2/c1-4-28-21(27)18-13(3)24-22-25(19(18)14-7-5-12(2)6-8-14)20(26)17(30-22)11-16-15(23)9-10-29-16/h5-11,19H,4H2,1-3H3/b17-11+/t19-/m1/s1. The number of thiazole rings is 1. The fourth-order valence-electron chi connectivity index (χ4n) is 3.38. The van der Waals surface area contributed by atoms with E-state index in [0.29, 0.717) is 20.6 Å². The molecular formula is C22H19BrN2O3S2. The molecule has 1 atom stereocenters. The van der Waals surface area contributed by atoms with Crippen LogP contribution in [-0.2, 0) is 9.53 Å². The first kappa shape index (κ1) is 21.0. The summed E-state index contributed by atoms with van der Waals surface area (Å²) in [5.74, 6) is -0.445. The van der Waals surface area contributed by atoms with Crippen molar-refractivity contribution in [1.82, 2.24) is 4.57 Å². The highest BCUT2D eigenvalue weighted by atomic mass is 79.9. The van der Waals surface area contributed by atoms with Crippen molar-refractivity contribution in [1.29, 1.82) is 0 Å². The molecule has 1 aliphatic heterocycles. The molecule has 0 radical (unpaired) electrons. The summed E-state index contributed by atoms with van der Waals surface area (Å²) in [4.78, 5) is 32.4. The Kier molecular flexibility index (Phi) is 5.90. The Morgan fingerprint density at radius 1 is 1.27 bits per heavy atom. The van der Waals surface area contributed by atoms with Crippen LogP contribution in [0.5, 0.6) is 0 Å². The van der Waals surface area contributed by atoms with E-state index >= 15 is 0 Å². The van der Waals surface area contributed by atoms with Crippen molar-refractivity contribution >= 4 is 50.6 Å². The number of esters is 1. The van der Waals surface area contributed by atoms with Gasteiger partial charge in [0, 0.05) is 9.35 Å². The number of allylic oxidation sites excluding steroid dienone is 1. The maximum Gasteiger partial charge on any atom is 0.338 e. The van der Waals surface area contributed by atoms with Crippen LogP contribution in [0.15, 0.2) is 61.2 Å². The van der Waals surface area contributed by atoms with Gasteiger partial charge in [-0.15, -0.1) is 11.3 Å². The Morgan fingerprint density at radius 2 is 2.00 bits per heavy atom. The minimum atomic E-state index is -0.574. The molecule has 5 nitrogen and oxygen atoms in total. The normalized spacial score (nSPS) is 16.4. The Labute approximate surface area is 189 Å². The molecule has 30 heavy (non-hydrogen) atoms. The fraction of sp³-hybridized carbons (Fsp3) is 0.227. The molecule has 2 aromatic heterocycles. The van der Waals surface area contributed by atoms with Crippen molar-refractivity contribution in [3.63, 3.8) is 0 Å². The summed E-state index contributed by atoms with van der Waals surface area (Å²) in [6, 6.07) is 9.23. The topological polar surface area (TPSA) is 60.7 Å². The van der Waals surface area contributed by atoms with Gasteiger partial charge in [-0.2, -0.15) is 0 Å². The number of fused-ring (bicyclic) bond motifs is 1. The molecule has 0 bridgehead atoms. The van der Waals surface area contributed by atoms with Crippen molar-refractivity contribution in [2.45, 2.75) is 26.8 Å². The first-order valence-corrected chi connectivity index (χ1v) is 11.9. The molecule has 0 spiro atoms. The van der Waals surface area contributed by atoms with E-state index in [-0.39, 0.29) is 12.2 Å². The number of hydrogen-bond donors (Lipinski definition) is 0. The van der Waals surface area contributed by atoms with Crippen molar-refractivity contribution in [2.24, 2.45) is 4.99 Å². The van der Waals surface area contributed by atoms with Gasteiger partial charge in [-0.1, -0.05) is 41.2 Å². The lowest BCUT2D eigenvalue weighted by molar-refractivity contribution is -0.139. The number of benzene rings is 1. The number of aromatic nitrogens is 1. The minimum Gasteiger partial charge on any atom is -0.463 e. The summed E-state index contributed by atoms with van der Waals surface area (Å²) in [6.07, 6.45) is 1.87. The molecule has 8 heteroatoms. The lowest BCUT2D eigenvalue weighted by Gasteiger charge is -2.24. The van der Waals surface area contributed by atoms with Gasteiger partial charge in [0.1, 0.15) is 0 Å². The van der Waals surface area contributed by atoms with Gasteiger partial charge in [-0.3, -0.25) is 9.36 Å². The molecule has 4 rings (SSSR count). The van der Waals surface area contributed by atoms with Crippen molar-refractivity contribution in [2.75, 3.05) is 6.61 Å². The highest BCUT2D eigenvalue weighted by molar-refractivity contribution is 9.10. The molecular weight excluding hydrogens is 484 g/mol. The largest absolute Gasteiger partial charge is 0.463 e. The van der Waals surface area contributed by atoms with Gasteiger partial charge in [0.15, 0.2) is 4.80 Å². The molecule has 0 unspecified atom stereocenters. The zero-order chi connectivity index (χ0) is 21.4. The second-order valence-corrected chi connectivity index (χ2v) is 9.66. The molecule has 1 aromatic carbocycles. The third-order valence-corrected chi connectivity index (χ3v) is 7.62. The summed E-state index contributed by atoms with van der Waals surface area (Å²) in [7, 11) is 0. The first-order chi connectivity index (χ1) is 14.4. The van der Waals surface area contributed by atoms with Gasteiger partial charge in [0.25, 0.3) is 5.56 Å². The maximum absolute atomic E-state index is 13.4. The second kappa shape index (κ2) is 8.45. The highest BCUT2D eigenvalue weighted by Crippen LogP contribution is 2.31. The van der Waals surface area contributed by atoms with Crippen molar-refractivity contribution < 1.29 is 9.53 Å². The summed E-state index contributed by atoms with van der Waals surface area (Å²) < 4.78 is 8.44. The molecule has 0 amide bonds. The zero-order valence-corrected chi connectivity index (χ0v) is 19.9. The fourth-order valence-corrected chi connectivity index (χ4v) is 5.91. The highest BCUT2D eigenvalue weighted by Gasteiger charge is 2.33. The van der Waals surface area contributed by atoms with Crippen LogP contribution in [0, 0.1) is 6.92 Å². The van der Waals surface area contributed by atoms with E-state index in [1.807, 2.05) is 48.7 Å². The van der Waals surface area contributed by atoms with E-state index in [4.69, 9.17) is 4.74 Å². The number of halogens is 1. The van der Waals surface area contributed by atoms with Crippen LogP contribution >= 0.6 is 38.6 Å². The van der Waals surface area contributed by atoms with E-state index < -0.39 is 12.0 Å². The first-order valence-electron chi connectivity index (χ1n) is 9.40. The number of ether oxygens (including phenoxy) is 1. The molecule has 0 saturated carbocycles. The van der Waals surface area contributed by atoms with Gasteiger partial charge in [0.2, 0.25) is 0 Å². The third kappa shape index (κ3) is 3.75. The molecule has 1 aliphatic rings. The van der Waals surface area contributed by atoms with Gasteiger partial charge in [0.05, 0.1) is 28.5 Å². The number of rotatable bonds is 4. The molecule has 0 fully saturated rings. The van der Waals surface area contributed by atoms with Crippen LogP contribution in [0.1, 0.15) is 35.9 Å². The van der Waals surface area contributed by atoms with Crippen LogP contribution in [0.3, 0.4) is 0 Å². The Morgan fingerprint density at radius 3 is 2.63 bits per heavy atom. The molecule has 154 valence electrons. The van der Waals surface area contributed by atoms with Crippen LogP contribution in [0.2, 0.25) is 0 Å². The van der Waals surface area contributed by atoms with Gasteiger partial charge in [-0.25, -0.2) is 9.79 Å². The molecule has 3 heterocycles. The predicted molar refractivity (Wildman–Crippen MR) is 124 cm³/mol. The van der Waals surface area contributed by atoms with Crippen molar-refractivity contribution in [3.05, 3.63) is 87.1 Å². The summed E-state index contributed by atoms with van der Waals surface area (Å²) in [5.41, 5.74) is 2.76. The Balaban J connectivity index is 1.97. The van der Waals surface area contributed by atoms with E-state index in [2.05, 4.69) is 20.9 Å². The van der Waals surface area contributed by atoms with Crippen LogP contribution in [0.4, 0.5) is 0 Å². The molecule has 0 N–H and O–H groups in total. The van der Waals surface area contributed by atoms with E-state index in [1.54, 1.807) is 29.8 Å². The number of carbonyl (C=O) groups is 1. The van der Waals surface area contributed by atoms with Crippen LogP contribution < -0.4 is 14.9 Å². The zero-order valence-electron chi connectivity index (χ0n) is 16.6. The predicted octanol–water partition coefficient (Wildman–Crippen LogP) is 3.93. The van der Waals surface area contributed by atoms with Gasteiger partial charge < -0.3 is 4.74 Å². The average Bonchev–Trinajstić information content (AvgIpc) is 3.25. The number of thiophene rings is 1. The number of nitrogens with zero attached hydrogens (tertiary/aromatic N) is 2. The summed E-state index contributed by atoms with van der Waals surface area (Å²) >= 11 is 6.39. The second-order valence-electron chi connectivity index (χ2n) is 6.85. The number of carbonyl (C=O) groups excluding carboxylic acids is 1. The van der Waals surface area contributed by atoms with Crippen molar-refractivity contribution in [3.8, 4) is 0 Å². The number of aryl methyl sites for hydroxylation is 1. The molecule has 3 aromatic rings. The van der Waals surface area contributed by atoms with Crippen LogP contribution in [0.25, 0.3) is 6.08 Å². The lowest BCUT2D eigenvalue weighted by Crippen LogP contribution is -2.39. The Bertz CT molecular complexity index is 1330. The van der Waals surface area contributed by atoms with Gasteiger partial charge in [-0.05, 0) is 59.8 Å². The van der Waals surface area contributed by atoms with Gasteiger partial charge >= 0.3 is 5.97 Å². The quantitative estimate of drug-likeness (QED) is 0.507. The molecule has 0 aliphatic carbocycles.